The molecule has 3 aromatic carbocycles. The Hall–Kier alpha value is -3.52. The molecule has 29 heavy (non-hydrogen) atoms. The molecule has 0 aliphatic carbocycles. The second kappa shape index (κ2) is 6.82. The molecule has 0 saturated heterocycles. The number of fused-ring (bicyclic) bond motifs is 3. The zero-order chi connectivity index (χ0) is 20.0. The van der Waals surface area contributed by atoms with Gasteiger partial charge in [-0.2, -0.15) is 0 Å². The van der Waals surface area contributed by atoms with Crippen molar-refractivity contribution in [1.82, 2.24) is 9.97 Å². The Balaban J connectivity index is 1.86. The van der Waals surface area contributed by atoms with Crippen LogP contribution in [-0.2, 0) is 0 Å². The monoisotopic (exact) mass is 374 g/mol. The van der Waals surface area contributed by atoms with Gasteiger partial charge in [0.15, 0.2) is 0 Å². The van der Waals surface area contributed by atoms with Crippen LogP contribution in [0.3, 0.4) is 0 Å². The van der Waals surface area contributed by atoms with E-state index in [2.05, 4.69) is 93.6 Å². The Morgan fingerprint density at radius 1 is 0.517 bits per heavy atom. The van der Waals surface area contributed by atoms with Crippen LogP contribution in [-0.4, -0.2) is 9.97 Å². The van der Waals surface area contributed by atoms with Crippen LogP contribution in [0.25, 0.3) is 44.1 Å². The molecule has 0 spiro atoms. The van der Waals surface area contributed by atoms with E-state index in [0.717, 1.165) is 33.2 Å². The maximum atomic E-state index is 4.92. The number of hydrogen-bond acceptors (Lipinski definition) is 2. The number of hydrogen-bond donors (Lipinski definition) is 0. The molecular weight excluding hydrogens is 352 g/mol. The summed E-state index contributed by atoms with van der Waals surface area (Å²) < 4.78 is 0. The van der Waals surface area contributed by atoms with Crippen LogP contribution in [0, 0.1) is 20.8 Å². The van der Waals surface area contributed by atoms with E-state index in [9.17, 15) is 0 Å². The van der Waals surface area contributed by atoms with Gasteiger partial charge >= 0.3 is 0 Å². The number of aromatic nitrogens is 2. The number of rotatable bonds is 2. The van der Waals surface area contributed by atoms with Gasteiger partial charge in [0.1, 0.15) is 0 Å². The van der Waals surface area contributed by atoms with Crippen molar-refractivity contribution < 1.29 is 0 Å². The van der Waals surface area contributed by atoms with E-state index < -0.39 is 0 Å². The van der Waals surface area contributed by atoms with E-state index in [1.54, 1.807) is 0 Å². The maximum Gasteiger partial charge on any atom is 0.0974 e. The average Bonchev–Trinajstić information content (AvgIpc) is 2.74. The van der Waals surface area contributed by atoms with E-state index >= 15 is 0 Å². The van der Waals surface area contributed by atoms with Gasteiger partial charge in [0, 0.05) is 22.2 Å². The van der Waals surface area contributed by atoms with E-state index in [-0.39, 0.29) is 0 Å². The van der Waals surface area contributed by atoms with Crippen molar-refractivity contribution in [2.45, 2.75) is 20.8 Å². The molecule has 0 aliphatic rings. The maximum absolute atomic E-state index is 4.92. The molecular formula is C27H22N2. The molecule has 5 aromatic rings. The van der Waals surface area contributed by atoms with Gasteiger partial charge in [-0.25, -0.2) is 0 Å². The molecule has 0 radical (unpaired) electrons. The molecule has 0 unspecified atom stereocenters. The Labute approximate surface area is 170 Å². The fourth-order valence-electron chi connectivity index (χ4n) is 4.06. The highest BCUT2D eigenvalue weighted by atomic mass is 14.8. The van der Waals surface area contributed by atoms with Crippen molar-refractivity contribution in [3.63, 3.8) is 0 Å². The quantitative estimate of drug-likeness (QED) is 0.310. The van der Waals surface area contributed by atoms with Gasteiger partial charge in [-0.3, -0.25) is 9.97 Å². The molecule has 0 amide bonds. The Kier molecular flexibility index (Phi) is 4.13. The van der Waals surface area contributed by atoms with Gasteiger partial charge in [-0.1, -0.05) is 72.3 Å². The van der Waals surface area contributed by atoms with Gasteiger partial charge < -0.3 is 0 Å². The lowest BCUT2D eigenvalue weighted by Crippen LogP contribution is -1.94. The molecule has 0 fully saturated rings. The van der Waals surface area contributed by atoms with Crippen LogP contribution in [0.2, 0.25) is 0 Å². The zero-order valence-corrected chi connectivity index (χ0v) is 16.9. The largest absolute Gasteiger partial charge is 0.251 e. The van der Waals surface area contributed by atoms with Crippen molar-refractivity contribution in [3.8, 4) is 22.3 Å². The number of nitrogens with zero attached hydrogens (tertiary/aromatic N) is 2. The molecule has 0 atom stereocenters. The van der Waals surface area contributed by atoms with Crippen LogP contribution in [0.15, 0.2) is 78.9 Å². The van der Waals surface area contributed by atoms with Crippen LogP contribution in [0.1, 0.15) is 17.0 Å². The van der Waals surface area contributed by atoms with E-state index in [1.807, 2.05) is 6.07 Å². The lowest BCUT2D eigenvalue weighted by atomic mass is 9.95. The first-order chi connectivity index (χ1) is 14.1. The second-order valence-corrected chi connectivity index (χ2v) is 7.71. The van der Waals surface area contributed by atoms with Crippen molar-refractivity contribution in [3.05, 3.63) is 95.8 Å². The average molecular weight is 374 g/mol. The number of aryl methyl sites for hydroxylation is 3. The highest BCUT2D eigenvalue weighted by molar-refractivity contribution is 6.12. The van der Waals surface area contributed by atoms with Gasteiger partial charge in [-0.15, -0.1) is 0 Å². The topological polar surface area (TPSA) is 25.8 Å². The fraction of sp³-hybridized carbons (Fsp3) is 0.111. The van der Waals surface area contributed by atoms with Crippen molar-refractivity contribution in [2.75, 3.05) is 0 Å². The summed E-state index contributed by atoms with van der Waals surface area (Å²) in [6, 6.07) is 27.9. The summed E-state index contributed by atoms with van der Waals surface area (Å²) in [4.78, 5) is 9.84. The predicted octanol–water partition coefficient (Wildman–Crippen LogP) is 7.04. The second-order valence-electron chi connectivity index (χ2n) is 7.71. The first kappa shape index (κ1) is 17.6. The molecule has 5 rings (SSSR count). The summed E-state index contributed by atoms with van der Waals surface area (Å²) in [7, 11) is 0. The SMILES string of the molecule is Cc1ccc(-c2cc(C)nc3c2ccc2c(-c4ccccc4)cc(C)nc23)cc1. The molecule has 0 N–H and O–H groups in total. The highest BCUT2D eigenvalue weighted by Crippen LogP contribution is 2.36. The molecule has 0 bridgehead atoms. The predicted molar refractivity (Wildman–Crippen MR) is 122 cm³/mol. The normalized spacial score (nSPS) is 11.3. The van der Waals surface area contributed by atoms with Crippen LogP contribution >= 0.6 is 0 Å². The molecule has 2 aromatic heterocycles. The minimum atomic E-state index is 0.971. The zero-order valence-electron chi connectivity index (χ0n) is 16.9. The first-order valence-corrected chi connectivity index (χ1v) is 9.94. The molecule has 0 aliphatic heterocycles. The lowest BCUT2D eigenvalue weighted by Gasteiger charge is -2.13. The third-order valence-electron chi connectivity index (χ3n) is 5.46. The van der Waals surface area contributed by atoms with Crippen molar-refractivity contribution >= 4 is 21.8 Å². The highest BCUT2D eigenvalue weighted by Gasteiger charge is 2.14. The Morgan fingerprint density at radius 3 is 1.52 bits per heavy atom. The molecule has 2 heteroatoms. The van der Waals surface area contributed by atoms with Gasteiger partial charge in [0.25, 0.3) is 0 Å². The van der Waals surface area contributed by atoms with Gasteiger partial charge in [0.05, 0.1) is 11.0 Å². The third kappa shape index (κ3) is 3.07. The van der Waals surface area contributed by atoms with Crippen LogP contribution < -0.4 is 0 Å². The standard InChI is InChI=1S/C27H22N2/c1-17-9-11-21(12-10-17)25-16-19(3)29-27-23(25)14-13-22-24(15-18(2)28-26(22)27)20-7-5-4-6-8-20/h4-16H,1-3H3. The summed E-state index contributed by atoms with van der Waals surface area (Å²) in [5.41, 5.74) is 10.0. The van der Waals surface area contributed by atoms with E-state index in [0.29, 0.717) is 0 Å². The van der Waals surface area contributed by atoms with Crippen molar-refractivity contribution in [2.24, 2.45) is 0 Å². The number of pyridine rings is 2. The minimum absolute atomic E-state index is 0.971. The summed E-state index contributed by atoms with van der Waals surface area (Å²) in [6.45, 7) is 6.23. The molecule has 140 valence electrons. The summed E-state index contributed by atoms with van der Waals surface area (Å²) in [5, 5.41) is 2.28. The van der Waals surface area contributed by atoms with Crippen molar-refractivity contribution in [1.29, 1.82) is 0 Å². The Morgan fingerprint density at radius 2 is 1.00 bits per heavy atom. The summed E-state index contributed by atoms with van der Waals surface area (Å²) in [5.74, 6) is 0. The smallest absolute Gasteiger partial charge is 0.0974 e. The molecule has 2 nitrogen and oxygen atoms in total. The van der Waals surface area contributed by atoms with Crippen LogP contribution in [0.4, 0.5) is 0 Å². The molecule has 0 saturated carbocycles. The summed E-state index contributed by atoms with van der Waals surface area (Å²) in [6.07, 6.45) is 0. The number of benzene rings is 3. The van der Waals surface area contributed by atoms with E-state index in [4.69, 9.17) is 9.97 Å². The van der Waals surface area contributed by atoms with Crippen LogP contribution in [0.5, 0.6) is 0 Å². The van der Waals surface area contributed by atoms with E-state index in [1.165, 1.54) is 27.8 Å². The van der Waals surface area contributed by atoms with Gasteiger partial charge in [-0.05, 0) is 55.2 Å². The van der Waals surface area contributed by atoms with Gasteiger partial charge in [0.2, 0.25) is 0 Å². The Bertz CT molecular complexity index is 1350. The molecule has 2 heterocycles. The summed E-state index contributed by atoms with van der Waals surface area (Å²) >= 11 is 0. The fourth-order valence-corrected chi connectivity index (χ4v) is 4.06. The minimum Gasteiger partial charge on any atom is -0.251 e. The first-order valence-electron chi connectivity index (χ1n) is 9.94. The lowest BCUT2D eigenvalue weighted by molar-refractivity contribution is 1.23. The third-order valence-corrected chi connectivity index (χ3v) is 5.46.